The van der Waals surface area contributed by atoms with Gasteiger partial charge in [0.1, 0.15) is 0 Å². The number of benzene rings is 1. The number of nitrogens with one attached hydrogen (secondary N) is 2. The molecule has 0 saturated carbocycles. The summed E-state index contributed by atoms with van der Waals surface area (Å²) in [7, 11) is 3.93. The first-order valence-corrected chi connectivity index (χ1v) is 7.92. The normalized spacial score (nSPS) is 11.2. The van der Waals surface area contributed by atoms with E-state index in [1.54, 1.807) is 0 Å². The van der Waals surface area contributed by atoms with Crippen LogP contribution in [0.25, 0.3) is 10.9 Å². The summed E-state index contributed by atoms with van der Waals surface area (Å²) in [5.74, 6) is -0.0218. The molecule has 23 heavy (non-hydrogen) atoms. The van der Waals surface area contributed by atoms with Crippen molar-refractivity contribution in [3.05, 3.63) is 45.2 Å². The van der Waals surface area contributed by atoms with Crippen LogP contribution in [0.4, 0.5) is 0 Å². The van der Waals surface area contributed by atoms with E-state index < -0.39 is 0 Å². The summed E-state index contributed by atoms with van der Waals surface area (Å²) in [6.45, 7) is 5.46. The molecular weight excluding hydrogens is 290 g/mol. The van der Waals surface area contributed by atoms with Crippen molar-refractivity contribution in [1.29, 1.82) is 0 Å². The molecule has 0 aliphatic rings. The predicted molar refractivity (Wildman–Crippen MR) is 93.9 cm³/mol. The molecule has 0 fully saturated rings. The molecule has 124 valence electrons. The molecule has 1 heterocycles. The maximum atomic E-state index is 12.2. The van der Waals surface area contributed by atoms with Crippen LogP contribution < -0.4 is 10.9 Å². The van der Waals surface area contributed by atoms with Crippen molar-refractivity contribution in [3.8, 4) is 0 Å². The van der Waals surface area contributed by atoms with Gasteiger partial charge in [-0.1, -0.05) is 12.1 Å². The van der Waals surface area contributed by atoms with E-state index in [4.69, 9.17) is 0 Å². The highest BCUT2D eigenvalue weighted by atomic mass is 16.1. The van der Waals surface area contributed by atoms with Gasteiger partial charge in [-0.2, -0.15) is 0 Å². The smallest absolute Gasteiger partial charge is 0.251 e. The largest absolute Gasteiger partial charge is 0.355 e. The van der Waals surface area contributed by atoms with Gasteiger partial charge in [0.25, 0.3) is 5.56 Å². The van der Waals surface area contributed by atoms with Gasteiger partial charge in [0.15, 0.2) is 0 Å². The molecule has 0 radical (unpaired) electrons. The summed E-state index contributed by atoms with van der Waals surface area (Å²) in [5.41, 5.74) is 3.68. The van der Waals surface area contributed by atoms with E-state index in [1.165, 1.54) is 0 Å². The Bertz CT molecular complexity index is 763. The molecule has 2 rings (SSSR count). The molecule has 1 aromatic carbocycles. The van der Waals surface area contributed by atoms with Crippen LogP contribution in [0.15, 0.2) is 23.0 Å². The summed E-state index contributed by atoms with van der Waals surface area (Å²) in [5, 5.41) is 3.87. The molecule has 5 heteroatoms. The first-order chi connectivity index (χ1) is 10.9. The van der Waals surface area contributed by atoms with Crippen molar-refractivity contribution in [2.45, 2.75) is 26.7 Å². The van der Waals surface area contributed by atoms with E-state index in [2.05, 4.69) is 10.3 Å². The van der Waals surface area contributed by atoms with Crippen molar-refractivity contribution in [2.75, 3.05) is 27.2 Å². The highest BCUT2D eigenvalue weighted by Crippen LogP contribution is 2.19. The average Bonchev–Trinajstić information content (AvgIpc) is 2.49. The SMILES string of the molecule is Cc1ccc2cc(CCC(=O)NCCN(C)C)c(=O)[nH]c2c1C. The number of H-pyrrole nitrogens is 1. The van der Waals surface area contributed by atoms with E-state index in [0.717, 1.165) is 28.6 Å². The Hall–Kier alpha value is -2.14. The lowest BCUT2D eigenvalue weighted by molar-refractivity contribution is -0.121. The van der Waals surface area contributed by atoms with Crippen LogP contribution in [-0.4, -0.2) is 43.0 Å². The zero-order chi connectivity index (χ0) is 17.0. The fraction of sp³-hybridized carbons (Fsp3) is 0.444. The molecule has 2 aromatic rings. The van der Waals surface area contributed by atoms with Gasteiger partial charge in [0.05, 0.1) is 5.52 Å². The van der Waals surface area contributed by atoms with Crippen LogP contribution in [0.2, 0.25) is 0 Å². The number of hydrogen-bond donors (Lipinski definition) is 2. The van der Waals surface area contributed by atoms with Crippen molar-refractivity contribution in [2.24, 2.45) is 0 Å². The number of fused-ring (bicyclic) bond motifs is 1. The summed E-state index contributed by atoms with van der Waals surface area (Å²) < 4.78 is 0. The third-order valence-electron chi connectivity index (χ3n) is 4.13. The minimum atomic E-state index is -0.104. The lowest BCUT2D eigenvalue weighted by Crippen LogP contribution is -2.31. The molecule has 0 aliphatic carbocycles. The topological polar surface area (TPSA) is 65.2 Å². The number of pyridine rings is 1. The quantitative estimate of drug-likeness (QED) is 0.853. The van der Waals surface area contributed by atoms with Crippen LogP contribution in [0, 0.1) is 13.8 Å². The molecule has 1 aromatic heterocycles. The van der Waals surface area contributed by atoms with Gasteiger partial charge in [-0.15, -0.1) is 0 Å². The molecule has 0 bridgehead atoms. The molecule has 1 amide bonds. The van der Waals surface area contributed by atoms with Gasteiger partial charge in [-0.25, -0.2) is 0 Å². The number of nitrogens with zero attached hydrogens (tertiary/aromatic N) is 1. The number of aryl methyl sites for hydroxylation is 3. The first-order valence-electron chi connectivity index (χ1n) is 7.92. The Kier molecular flexibility index (Phi) is 5.55. The molecule has 0 saturated heterocycles. The summed E-state index contributed by atoms with van der Waals surface area (Å²) in [6, 6.07) is 5.95. The van der Waals surface area contributed by atoms with E-state index in [0.29, 0.717) is 24.9 Å². The molecular formula is C18H25N3O2. The molecule has 0 spiro atoms. The van der Waals surface area contributed by atoms with Gasteiger partial charge in [-0.3, -0.25) is 9.59 Å². The van der Waals surface area contributed by atoms with Crippen molar-refractivity contribution in [3.63, 3.8) is 0 Å². The highest BCUT2D eigenvalue weighted by molar-refractivity contribution is 5.83. The second-order valence-electron chi connectivity index (χ2n) is 6.25. The third kappa shape index (κ3) is 4.42. The number of amides is 1. The second-order valence-corrected chi connectivity index (χ2v) is 6.25. The Morgan fingerprint density at radius 1 is 1.26 bits per heavy atom. The van der Waals surface area contributed by atoms with E-state index >= 15 is 0 Å². The first kappa shape index (κ1) is 17.2. The zero-order valence-electron chi connectivity index (χ0n) is 14.3. The number of aromatic nitrogens is 1. The summed E-state index contributed by atoms with van der Waals surface area (Å²) in [6.07, 6.45) is 0.777. The van der Waals surface area contributed by atoms with Gasteiger partial charge >= 0.3 is 0 Å². The molecule has 0 unspecified atom stereocenters. The molecule has 0 atom stereocenters. The van der Waals surface area contributed by atoms with Crippen LogP contribution in [-0.2, 0) is 11.2 Å². The van der Waals surface area contributed by atoms with E-state index in [9.17, 15) is 9.59 Å². The molecule has 2 N–H and O–H groups in total. The summed E-state index contributed by atoms with van der Waals surface area (Å²) >= 11 is 0. The minimum Gasteiger partial charge on any atom is -0.355 e. The number of hydrogen-bond acceptors (Lipinski definition) is 3. The van der Waals surface area contributed by atoms with Gasteiger partial charge in [0, 0.05) is 25.1 Å². The highest BCUT2D eigenvalue weighted by Gasteiger charge is 2.08. The molecule has 0 aliphatic heterocycles. The van der Waals surface area contributed by atoms with Crippen LogP contribution in [0.5, 0.6) is 0 Å². The van der Waals surface area contributed by atoms with Crippen molar-refractivity contribution < 1.29 is 4.79 Å². The predicted octanol–water partition coefficient (Wildman–Crippen LogP) is 1.76. The van der Waals surface area contributed by atoms with E-state index in [1.807, 2.05) is 51.0 Å². The van der Waals surface area contributed by atoms with Crippen molar-refractivity contribution in [1.82, 2.24) is 15.2 Å². The minimum absolute atomic E-state index is 0.0218. The number of carbonyl (C=O) groups is 1. The maximum Gasteiger partial charge on any atom is 0.251 e. The van der Waals surface area contributed by atoms with E-state index in [-0.39, 0.29) is 11.5 Å². The zero-order valence-corrected chi connectivity index (χ0v) is 14.3. The standard InChI is InChI=1S/C18H25N3O2/c1-12-5-6-14-11-15(18(23)20-17(14)13(12)2)7-8-16(22)19-9-10-21(3)4/h5-6,11H,7-10H2,1-4H3,(H,19,22)(H,20,23). The average molecular weight is 315 g/mol. The lowest BCUT2D eigenvalue weighted by Gasteiger charge is -2.10. The third-order valence-corrected chi connectivity index (χ3v) is 4.13. The fourth-order valence-corrected chi connectivity index (χ4v) is 2.51. The fourth-order valence-electron chi connectivity index (χ4n) is 2.51. The van der Waals surface area contributed by atoms with Crippen molar-refractivity contribution >= 4 is 16.8 Å². The number of likely N-dealkylation sites (N-methyl/N-ethyl adjacent to an activating group) is 1. The van der Waals surface area contributed by atoms with Gasteiger partial charge < -0.3 is 15.2 Å². The Morgan fingerprint density at radius 2 is 2.00 bits per heavy atom. The monoisotopic (exact) mass is 315 g/mol. The van der Waals surface area contributed by atoms with Gasteiger partial charge in [0.2, 0.25) is 5.91 Å². The maximum absolute atomic E-state index is 12.2. The summed E-state index contributed by atoms with van der Waals surface area (Å²) in [4.78, 5) is 29.0. The van der Waals surface area contributed by atoms with Crippen LogP contribution in [0.3, 0.4) is 0 Å². The Balaban J connectivity index is 2.06. The Morgan fingerprint density at radius 3 is 2.70 bits per heavy atom. The number of carbonyl (C=O) groups excluding carboxylic acids is 1. The lowest BCUT2D eigenvalue weighted by atomic mass is 10.0. The van der Waals surface area contributed by atoms with Crippen LogP contribution in [0.1, 0.15) is 23.1 Å². The molecule has 5 nitrogen and oxygen atoms in total. The number of rotatable bonds is 6. The Labute approximate surface area is 136 Å². The van der Waals surface area contributed by atoms with Crippen LogP contribution >= 0.6 is 0 Å². The number of aromatic amines is 1. The van der Waals surface area contributed by atoms with Gasteiger partial charge in [-0.05, 0) is 56.9 Å². The second kappa shape index (κ2) is 7.42.